The molecule has 1 aromatic heterocycles. The summed E-state index contributed by atoms with van der Waals surface area (Å²) in [5.41, 5.74) is 3.55. The minimum absolute atomic E-state index is 0.0429. The van der Waals surface area contributed by atoms with Gasteiger partial charge in [-0.2, -0.15) is 0 Å². The van der Waals surface area contributed by atoms with Gasteiger partial charge in [-0.25, -0.2) is 4.39 Å². The Kier molecular flexibility index (Phi) is 3.30. The Morgan fingerprint density at radius 3 is 2.95 bits per heavy atom. The average Bonchev–Trinajstić information content (AvgIpc) is 2.42. The lowest BCUT2D eigenvalue weighted by Crippen LogP contribution is -2.25. The smallest absolute Gasteiger partial charge is 0.146 e. The molecule has 3 rings (SSSR count). The van der Waals surface area contributed by atoms with Gasteiger partial charge in [0, 0.05) is 17.8 Å². The van der Waals surface area contributed by atoms with E-state index in [2.05, 4.69) is 34.6 Å². The molecule has 0 saturated heterocycles. The lowest BCUT2D eigenvalue weighted by Gasteiger charge is -2.33. The zero-order chi connectivity index (χ0) is 13.2. The largest absolute Gasteiger partial charge is 0.313 e. The van der Waals surface area contributed by atoms with E-state index in [9.17, 15) is 4.39 Å². The van der Waals surface area contributed by atoms with Crippen molar-refractivity contribution in [3.63, 3.8) is 0 Å². The van der Waals surface area contributed by atoms with Crippen molar-refractivity contribution in [2.75, 3.05) is 7.05 Å². The van der Waals surface area contributed by atoms with E-state index < -0.39 is 0 Å². The van der Waals surface area contributed by atoms with Gasteiger partial charge in [0.25, 0.3) is 0 Å². The predicted octanol–water partition coefficient (Wildman–Crippen LogP) is 3.21. The predicted molar refractivity (Wildman–Crippen MR) is 73.5 cm³/mol. The maximum Gasteiger partial charge on any atom is 0.146 e. The number of hydrogen-bond acceptors (Lipinski definition) is 2. The van der Waals surface area contributed by atoms with Gasteiger partial charge in [0.05, 0.1) is 6.20 Å². The molecule has 1 aliphatic rings. The molecule has 19 heavy (non-hydrogen) atoms. The van der Waals surface area contributed by atoms with Crippen LogP contribution in [0.1, 0.15) is 35.1 Å². The second kappa shape index (κ2) is 5.10. The first-order chi connectivity index (χ1) is 9.29. The number of nitrogens with zero attached hydrogens (tertiary/aromatic N) is 1. The Morgan fingerprint density at radius 1 is 1.37 bits per heavy atom. The van der Waals surface area contributed by atoms with E-state index >= 15 is 0 Å². The molecule has 2 aromatic rings. The summed E-state index contributed by atoms with van der Waals surface area (Å²) in [6.45, 7) is 0. The summed E-state index contributed by atoms with van der Waals surface area (Å²) in [6, 6.07) is 10.3. The second-order valence-electron chi connectivity index (χ2n) is 5.07. The molecule has 1 heterocycles. The number of pyridine rings is 1. The van der Waals surface area contributed by atoms with Crippen molar-refractivity contribution < 1.29 is 4.39 Å². The standard InChI is InChI=1S/C16H17FN2/c1-18-16(14-6-7-19-10-15(14)17)9-12-8-11-4-2-3-5-13(11)12/h2-7,10,12,16,18H,8-9H2,1H3. The minimum atomic E-state index is -0.227. The zero-order valence-electron chi connectivity index (χ0n) is 10.9. The SMILES string of the molecule is CNC(CC1Cc2ccccc21)c1ccncc1F. The molecule has 0 fully saturated rings. The molecule has 0 amide bonds. The number of aromatic nitrogens is 1. The van der Waals surface area contributed by atoms with Crippen LogP contribution in [0, 0.1) is 5.82 Å². The van der Waals surface area contributed by atoms with Crippen molar-refractivity contribution in [3.05, 3.63) is 65.2 Å². The molecule has 2 atom stereocenters. The molecular formula is C16H17FN2. The van der Waals surface area contributed by atoms with Crippen LogP contribution in [0.2, 0.25) is 0 Å². The van der Waals surface area contributed by atoms with Gasteiger partial charge in [-0.3, -0.25) is 4.98 Å². The molecular weight excluding hydrogens is 239 g/mol. The molecule has 0 radical (unpaired) electrons. The maximum absolute atomic E-state index is 13.8. The zero-order valence-corrected chi connectivity index (χ0v) is 10.9. The molecule has 3 heteroatoms. The Bertz CT molecular complexity index is 582. The molecule has 98 valence electrons. The normalized spacial score (nSPS) is 18.5. The van der Waals surface area contributed by atoms with Crippen molar-refractivity contribution in [3.8, 4) is 0 Å². The molecule has 0 aliphatic heterocycles. The number of nitrogens with one attached hydrogen (secondary N) is 1. The van der Waals surface area contributed by atoms with Crippen LogP contribution in [0.15, 0.2) is 42.7 Å². The topological polar surface area (TPSA) is 24.9 Å². The van der Waals surface area contributed by atoms with Crippen molar-refractivity contribution in [1.29, 1.82) is 0 Å². The molecule has 1 aliphatic carbocycles. The third-order valence-corrected chi connectivity index (χ3v) is 4.01. The van der Waals surface area contributed by atoms with Gasteiger partial charge >= 0.3 is 0 Å². The van der Waals surface area contributed by atoms with Crippen molar-refractivity contribution in [2.24, 2.45) is 0 Å². The highest BCUT2D eigenvalue weighted by Crippen LogP contribution is 2.40. The molecule has 2 unspecified atom stereocenters. The number of rotatable bonds is 4. The Morgan fingerprint density at radius 2 is 2.21 bits per heavy atom. The molecule has 0 saturated carbocycles. The van der Waals surface area contributed by atoms with E-state index in [1.807, 2.05) is 7.05 Å². The minimum Gasteiger partial charge on any atom is -0.313 e. The molecule has 0 spiro atoms. The van der Waals surface area contributed by atoms with Crippen molar-refractivity contribution in [1.82, 2.24) is 10.3 Å². The number of hydrogen-bond donors (Lipinski definition) is 1. The third-order valence-electron chi connectivity index (χ3n) is 4.01. The van der Waals surface area contributed by atoms with Crippen LogP contribution < -0.4 is 5.32 Å². The molecule has 1 aromatic carbocycles. The van der Waals surface area contributed by atoms with Gasteiger partial charge in [0.2, 0.25) is 0 Å². The highest BCUT2D eigenvalue weighted by Gasteiger charge is 2.28. The van der Waals surface area contributed by atoms with E-state index in [-0.39, 0.29) is 11.9 Å². The fourth-order valence-corrected chi connectivity index (χ4v) is 2.93. The van der Waals surface area contributed by atoms with Crippen molar-refractivity contribution in [2.45, 2.75) is 24.8 Å². The van der Waals surface area contributed by atoms with Crippen LogP contribution in [-0.4, -0.2) is 12.0 Å². The van der Waals surface area contributed by atoms with Crippen LogP contribution in [0.4, 0.5) is 4.39 Å². The van der Waals surface area contributed by atoms with Gasteiger partial charge in [-0.15, -0.1) is 0 Å². The highest BCUT2D eigenvalue weighted by molar-refractivity contribution is 5.40. The van der Waals surface area contributed by atoms with E-state index in [4.69, 9.17) is 0 Å². The number of halogens is 1. The fraction of sp³-hybridized carbons (Fsp3) is 0.312. The Labute approximate surface area is 112 Å². The van der Waals surface area contributed by atoms with Gasteiger partial charge < -0.3 is 5.32 Å². The Hall–Kier alpha value is -1.74. The van der Waals surface area contributed by atoms with E-state index in [1.165, 1.54) is 17.3 Å². The third kappa shape index (κ3) is 2.26. The quantitative estimate of drug-likeness (QED) is 0.908. The van der Waals surface area contributed by atoms with E-state index in [0.29, 0.717) is 11.5 Å². The fourth-order valence-electron chi connectivity index (χ4n) is 2.93. The lowest BCUT2D eigenvalue weighted by atomic mass is 9.74. The monoisotopic (exact) mass is 256 g/mol. The van der Waals surface area contributed by atoms with Crippen LogP contribution in [0.25, 0.3) is 0 Å². The number of benzene rings is 1. The molecule has 0 bridgehead atoms. The van der Waals surface area contributed by atoms with Gasteiger partial charge in [-0.1, -0.05) is 24.3 Å². The first-order valence-corrected chi connectivity index (χ1v) is 6.64. The number of fused-ring (bicyclic) bond motifs is 1. The van der Waals surface area contributed by atoms with Crippen LogP contribution in [0.5, 0.6) is 0 Å². The van der Waals surface area contributed by atoms with Crippen LogP contribution in [0.3, 0.4) is 0 Å². The summed E-state index contributed by atoms with van der Waals surface area (Å²) in [7, 11) is 1.88. The Balaban J connectivity index is 1.78. The van der Waals surface area contributed by atoms with Gasteiger partial charge in [0.15, 0.2) is 0 Å². The summed E-state index contributed by atoms with van der Waals surface area (Å²) in [4.78, 5) is 3.81. The second-order valence-corrected chi connectivity index (χ2v) is 5.07. The van der Waals surface area contributed by atoms with Crippen molar-refractivity contribution >= 4 is 0 Å². The summed E-state index contributed by atoms with van der Waals surface area (Å²) < 4.78 is 13.8. The first kappa shape index (κ1) is 12.3. The summed E-state index contributed by atoms with van der Waals surface area (Å²) in [5, 5.41) is 3.22. The highest BCUT2D eigenvalue weighted by atomic mass is 19.1. The van der Waals surface area contributed by atoms with Crippen LogP contribution in [-0.2, 0) is 6.42 Å². The lowest BCUT2D eigenvalue weighted by molar-refractivity contribution is 0.436. The summed E-state index contributed by atoms with van der Waals surface area (Å²) >= 11 is 0. The summed E-state index contributed by atoms with van der Waals surface area (Å²) in [5.74, 6) is 0.302. The first-order valence-electron chi connectivity index (χ1n) is 6.64. The van der Waals surface area contributed by atoms with Gasteiger partial charge in [0.1, 0.15) is 5.82 Å². The maximum atomic E-state index is 13.8. The van der Waals surface area contributed by atoms with Gasteiger partial charge in [-0.05, 0) is 43.0 Å². The molecule has 2 nitrogen and oxygen atoms in total. The average molecular weight is 256 g/mol. The van der Waals surface area contributed by atoms with E-state index in [1.54, 1.807) is 12.3 Å². The molecule has 1 N–H and O–H groups in total. The summed E-state index contributed by atoms with van der Waals surface area (Å²) in [6.07, 6.45) is 4.96. The van der Waals surface area contributed by atoms with Crippen LogP contribution >= 0.6 is 0 Å². The van der Waals surface area contributed by atoms with E-state index in [0.717, 1.165) is 12.8 Å².